The first-order valence-electron chi connectivity index (χ1n) is 7.46. The minimum Gasteiger partial charge on any atom is -0.392 e. The molecule has 1 aliphatic carbocycles. The van der Waals surface area contributed by atoms with Gasteiger partial charge in [0.1, 0.15) is 5.82 Å². The zero-order valence-corrected chi connectivity index (χ0v) is 12.4. The van der Waals surface area contributed by atoms with Gasteiger partial charge in [-0.2, -0.15) is 4.98 Å². The highest BCUT2D eigenvalue weighted by atomic mass is 16.3. The SMILES string of the molecule is Nc1nc(NCc2cccc(CO)c2)cc(C2CC(N)C2)n1. The predicted molar refractivity (Wildman–Crippen MR) is 86.1 cm³/mol. The third-order valence-corrected chi connectivity index (χ3v) is 4.00. The molecule has 1 fully saturated rings. The van der Waals surface area contributed by atoms with Crippen LogP contribution in [-0.2, 0) is 13.2 Å². The van der Waals surface area contributed by atoms with Gasteiger partial charge in [0, 0.05) is 24.6 Å². The van der Waals surface area contributed by atoms with E-state index < -0.39 is 0 Å². The molecule has 1 aliphatic rings. The van der Waals surface area contributed by atoms with Crippen LogP contribution in [0.3, 0.4) is 0 Å². The number of aromatic nitrogens is 2. The van der Waals surface area contributed by atoms with Crippen LogP contribution < -0.4 is 16.8 Å². The van der Waals surface area contributed by atoms with Gasteiger partial charge < -0.3 is 21.9 Å². The lowest BCUT2D eigenvalue weighted by Gasteiger charge is -2.32. The summed E-state index contributed by atoms with van der Waals surface area (Å²) in [7, 11) is 0. The minimum atomic E-state index is 0.0420. The lowest BCUT2D eigenvalue weighted by atomic mass is 9.78. The fourth-order valence-electron chi connectivity index (χ4n) is 2.72. The van der Waals surface area contributed by atoms with Crippen LogP contribution in [0.15, 0.2) is 30.3 Å². The average Bonchev–Trinajstić information content (AvgIpc) is 2.49. The van der Waals surface area contributed by atoms with Gasteiger partial charge >= 0.3 is 0 Å². The molecule has 0 radical (unpaired) electrons. The molecule has 1 heterocycles. The Morgan fingerprint density at radius 2 is 1.95 bits per heavy atom. The quantitative estimate of drug-likeness (QED) is 0.663. The van der Waals surface area contributed by atoms with Gasteiger partial charge in [0.15, 0.2) is 0 Å². The molecule has 0 aliphatic heterocycles. The van der Waals surface area contributed by atoms with E-state index >= 15 is 0 Å². The molecule has 3 rings (SSSR count). The molecule has 0 amide bonds. The van der Waals surface area contributed by atoms with Gasteiger partial charge in [-0.3, -0.25) is 0 Å². The minimum absolute atomic E-state index is 0.0420. The van der Waals surface area contributed by atoms with E-state index in [1.807, 2.05) is 30.3 Å². The Morgan fingerprint density at radius 1 is 1.18 bits per heavy atom. The summed E-state index contributed by atoms with van der Waals surface area (Å²) in [4.78, 5) is 8.54. The van der Waals surface area contributed by atoms with Gasteiger partial charge in [0.25, 0.3) is 0 Å². The van der Waals surface area contributed by atoms with E-state index in [9.17, 15) is 0 Å². The molecule has 22 heavy (non-hydrogen) atoms. The highest BCUT2D eigenvalue weighted by Gasteiger charge is 2.29. The van der Waals surface area contributed by atoms with Crippen LogP contribution in [0.25, 0.3) is 0 Å². The highest BCUT2D eigenvalue weighted by Crippen LogP contribution is 2.35. The Kier molecular flexibility index (Phi) is 4.22. The number of rotatable bonds is 5. The van der Waals surface area contributed by atoms with Crippen molar-refractivity contribution in [3.63, 3.8) is 0 Å². The van der Waals surface area contributed by atoms with Crippen molar-refractivity contribution in [2.75, 3.05) is 11.1 Å². The molecule has 0 atom stereocenters. The number of aliphatic hydroxyl groups excluding tert-OH is 1. The molecule has 0 spiro atoms. The molecular weight excluding hydrogens is 278 g/mol. The van der Waals surface area contributed by atoms with Crippen molar-refractivity contribution in [2.45, 2.75) is 38.0 Å². The first kappa shape index (κ1) is 14.7. The molecule has 0 unspecified atom stereocenters. The summed E-state index contributed by atoms with van der Waals surface area (Å²) in [5, 5.41) is 12.4. The maximum absolute atomic E-state index is 9.17. The zero-order valence-electron chi connectivity index (χ0n) is 12.4. The van der Waals surface area contributed by atoms with E-state index in [1.54, 1.807) is 0 Å². The van der Waals surface area contributed by atoms with Gasteiger partial charge in [-0.15, -0.1) is 0 Å². The first-order valence-corrected chi connectivity index (χ1v) is 7.46. The van der Waals surface area contributed by atoms with E-state index in [0.717, 1.165) is 35.5 Å². The number of hydrogen-bond acceptors (Lipinski definition) is 6. The highest BCUT2D eigenvalue weighted by molar-refractivity contribution is 5.43. The maximum atomic E-state index is 9.17. The van der Waals surface area contributed by atoms with Crippen molar-refractivity contribution >= 4 is 11.8 Å². The number of nitrogens with zero attached hydrogens (tertiary/aromatic N) is 2. The largest absolute Gasteiger partial charge is 0.392 e. The number of aliphatic hydroxyl groups is 1. The van der Waals surface area contributed by atoms with Gasteiger partial charge in [0.2, 0.25) is 5.95 Å². The fourth-order valence-corrected chi connectivity index (χ4v) is 2.72. The van der Waals surface area contributed by atoms with E-state index in [2.05, 4.69) is 15.3 Å². The van der Waals surface area contributed by atoms with Crippen LogP contribution in [0.4, 0.5) is 11.8 Å². The predicted octanol–water partition coefficient (Wildman–Crippen LogP) is 1.37. The Morgan fingerprint density at radius 3 is 2.68 bits per heavy atom. The molecule has 1 saturated carbocycles. The average molecular weight is 299 g/mol. The number of nitrogen functional groups attached to an aromatic ring is 1. The molecule has 0 saturated heterocycles. The standard InChI is InChI=1S/C16H21N5O/c17-13-5-12(6-13)14-7-15(21-16(18)20-14)19-8-10-2-1-3-11(4-10)9-22/h1-4,7,12-13,22H,5-6,8-9,17H2,(H3,18,19,20,21). The van der Waals surface area contributed by atoms with Crippen LogP contribution in [0.1, 0.15) is 35.6 Å². The monoisotopic (exact) mass is 299 g/mol. The van der Waals surface area contributed by atoms with Gasteiger partial charge in [-0.1, -0.05) is 24.3 Å². The van der Waals surface area contributed by atoms with E-state index in [-0.39, 0.29) is 18.6 Å². The third-order valence-electron chi connectivity index (χ3n) is 4.00. The molecule has 1 aromatic carbocycles. The molecule has 6 heteroatoms. The number of anilines is 2. The normalized spacial score (nSPS) is 20.5. The van der Waals surface area contributed by atoms with E-state index in [4.69, 9.17) is 16.6 Å². The molecule has 2 aromatic rings. The smallest absolute Gasteiger partial charge is 0.222 e. The molecule has 0 bridgehead atoms. The number of nitrogens with one attached hydrogen (secondary N) is 1. The number of benzene rings is 1. The van der Waals surface area contributed by atoms with Crippen molar-refractivity contribution in [1.82, 2.24) is 9.97 Å². The summed E-state index contributed by atoms with van der Waals surface area (Å²) in [6.07, 6.45) is 1.91. The Hall–Kier alpha value is -2.18. The first-order chi connectivity index (χ1) is 10.6. The van der Waals surface area contributed by atoms with Crippen LogP contribution in [0, 0.1) is 0 Å². The second kappa shape index (κ2) is 6.29. The summed E-state index contributed by atoms with van der Waals surface area (Å²) < 4.78 is 0. The van der Waals surface area contributed by atoms with Gasteiger partial charge in [-0.25, -0.2) is 4.98 Å². The summed E-state index contributed by atoms with van der Waals surface area (Å²) >= 11 is 0. The van der Waals surface area contributed by atoms with E-state index in [0.29, 0.717) is 12.5 Å². The zero-order chi connectivity index (χ0) is 15.5. The number of nitrogens with two attached hydrogens (primary N) is 2. The lowest BCUT2D eigenvalue weighted by molar-refractivity contribution is 0.281. The lowest BCUT2D eigenvalue weighted by Crippen LogP contribution is -2.35. The maximum Gasteiger partial charge on any atom is 0.222 e. The van der Waals surface area contributed by atoms with Crippen LogP contribution in [-0.4, -0.2) is 21.1 Å². The fraction of sp³-hybridized carbons (Fsp3) is 0.375. The summed E-state index contributed by atoms with van der Waals surface area (Å²) in [5.41, 5.74) is 14.6. The molecule has 116 valence electrons. The molecular formula is C16H21N5O. The van der Waals surface area contributed by atoms with Crippen molar-refractivity contribution in [3.8, 4) is 0 Å². The second-order valence-corrected chi connectivity index (χ2v) is 5.80. The van der Waals surface area contributed by atoms with E-state index in [1.165, 1.54) is 0 Å². The van der Waals surface area contributed by atoms with Crippen molar-refractivity contribution in [3.05, 3.63) is 47.2 Å². The van der Waals surface area contributed by atoms with Crippen molar-refractivity contribution < 1.29 is 5.11 Å². The summed E-state index contributed by atoms with van der Waals surface area (Å²) in [6, 6.07) is 10.0. The van der Waals surface area contributed by atoms with Crippen LogP contribution in [0.5, 0.6) is 0 Å². The Bertz CT molecular complexity index is 655. The van der Waals surface area contributed by atoms with Crippen LogP contribution >= 0.6 is 0 Å². The third kappa shape index (κ3) is 3.35. The second-order valence-electron chi connectivity index (χ2n) is 5.80. The summed E-state index contributed by atoms with van der Waals surface area (Å²) in [5.74, 6) is 1.39. The van der Waals surface area contributed by atoms with Gasteiger partial charge in [-0.05, 0) is 24.0 Å². The van der Waals surface area contributed by atoms with Gasteiger partial charge in [0.05, 0.1) is 12.3 Å². The molecule has 6 nitrogen and oxygen atoms in total. The van der Waals surface area contributed by atoms with Crippen molar-refractivity contribution in [1.29, 1.82) is 0 Å². The van der Waals surface area contributed by atoms with Crippen molar-refractivity contribution in [2.24, 2.45) is 5.73 Å². The molecule has 6 N–H and O–H groups in total. The van der Waals surface area contributed by atoms with Crippen LogP contribution in [0.2, 0.25) is 0 Å². The summed E-state index contributed by atoms with van der Waals surface area (Å²) in [6.45, 7) is 0.661. The topological polar surface area (TPSA) is 110 Å². The molecule has 1 aromatic heterocycles. The Balaban J connectivity index is 1.69. The number of hydrogen-bond donors (Lipinski definition) is 4. The Labute approximate surface area is 129 Å².